The molecule has 1 aromatic rings. The van der Waals surface area contributed by atoms with Crippen LogP contribution in [0.4, 0.5) is 4.79 Å². The molecule has 1 aromatic heterocycles. The van der Waals surface area contributed by atoms with E-state index in [1.54, 1.807) is 21.9 Å². The molecule has 10 heteroatoms. The average Bonchev–Trinajstić information content (AvgIpc) is 3.13. The smallest absolute Gasteiger partial charge is 0.410 e. The molecule has 0 spiro atoms. The van der Waals surface area contributed by atoms with Gasteiger partial charge < -0.3 is 14.5 Å². The van der Waals surface area contributed by atoms with Gasteiger partial charge in [-0.2, -0.15) is 4.31 Å². The molecule has 0 saturated carbocycles. The fourth-order valence-electron chi connectivity index (χ4n) is 3.76. The van der Waals surface area contributed by atoms with Gasteiger partial charge in [0.15, 0.2) is 0 Å². The number of thiophene rings is 1. The first-order chi connectivity index (χ1) is 14.0. The maximum Gasteiger partial charge on any atom is 0.410 e. The van der Waals surface area contributed by atoms with Crippen molar-refractivity contribution >= 4 is 33.4 Å². The molecular weight excluding hydrogens is 426 g/mol. The second-order valence-corrected chi connectivity index (χ2v) is 12.3. The zero-order valence-electron chi connectivity index (χ0n) is 18.1. The van der Waals surface area contributed by atoms with Crippen molar-refractivity contribution < 1.29 is 22.7 Å². The van der Waals surface area contributed by atoms with Crippen molar-refractivity contribution in [3.8, 4) is 0 Å². The number of rotatable bonds is 3. The van der Waals surface area contributed by atoms with Gasteiger partial charge in [-0.1, -0.05) is 0 Å². The Kier molecular flexibility index (Phi) is 6.78. The van der Waals surface area contributed by atoms with Crippen LogP contribution in [0.5, 0.6) is 0 Å². The molecule has 0 radical (unpaired) electrons. The SMILES string of the molecule is Cc1ccc(S(=O)(=O)N2CCN(C(=O)[C@H]3CCCN(C(=O)OC(C)(C)C)C3)CC2)s1. The van der Waals surface area contributed by atoms with Crippen molar-refractivity contribution in [3.05, 3.63) is 17.0 Å². The summed E-state index contributed by atoms with van der Waals surface area (Å²) in [7, 11) is -3.51. The number of sulfonamides is 1. The molecule has 168 valence electrons. The van der Waals surface area contributed by atoms with Gasteiger partial charge in [-0.05, 0) is 52.7 Å². The van der Waals surface area contributed by atoms with E-state index in [0.717, 1.165) is 17.7 Å². The molecule has 2 saturated heterocycles. The predicted molar refractivity (Wildman–Crippen MR) is 115 cm³/mol. The molecule has 2 amide bonds. The first-order valence-electron chi connectivity index (χ1n) is 10.3. The van der Waals surface area contributed by atoms with Gasteiger partial charge in [0.2, 0.25) is 5.91 Å². The van der Waals surface area contributed by atoms with Gasteiger partial charge in [0.05, 0.1) is 5.92 Å². The van der Waals surface area contributed by atoms with Crippen LogP contribution in [0, 0.1) is 12.8 Å². The number of piperazine rings is 1. The molecule has 8 nitrogen and oxygen atoms in total. The summed E-state index contributed by atoms with van der Waals surface area (Å²) in [5.41, 5.74) is -0.572. The van der Waals surface area contributed by atoms with Crippen molar-refractivity contribution in [3.63, 3.8) is 0 Å². The summed E-state index contributed by atoms with van der Waals surface area (Å²) in [6.07, 6.45) is 1.09. The minimum absolute atomic E-state index is 0.00715. The molecule has 3 heterocycles. The van der Waals surface area contributed by atoms with Crippen LogP contribution in [0.2, 0.25) is 0 Å². The lowest BCUT2D eigenvalue weighted by atomic mass is 9.96. The second-order valence-electron chi connectivity index (χ2n) is 8.86. The fourth-order valence-corrected chi connectivity index (χ4v) is 6.62. The number of likely N-dealkylation sites (tertiary alicyclic amines) is 1. The summed E-state index contributed by atoms with van der Waals surface area (Å²) in [6, 6.07) is 3.44. The Morgan fingerprint density at radius 1 is 1.07 bits per heavy atom. The first kappa shape index (κ1) is 23.0. The van der Waals surface area contributed by atoms with Crippen molar-refractivity contribution in [2.45, 2.75) is 50.3 Å². The maximum atomic E-state index is 13.0. The van der Waals surface area contributed by atoms with Gasteiger partial charge in [0.25, 0.3) is 10.0 Å². The zero-order chi connectivity index (χ0) is 22.1. The van der Waals surface area contributed by atoms with E-state index in [-0.39, 0.29) is 31.0 Å². The first-order valence-corrected chi connectivity index (χ1v) is 12.6. The molecule has 2 fully saturated rings. The van der Waals surface area contributed by atoms with Crippen LogP contribution >= 0.6 is 11.3 Å². The van der Waals surface area contributed by atoms with E-state index in [9.17, 15) is 18.0 Å². The number of aryl methyl sites for hydroxylation is 1. The minimum atomic E-state index is -3.51. The van der Waals surface area contributed by atoms with Crippen LogP contribution in [0.1, 0.15) is 38.5 Å². The largest absolute Gasteiger partial charge is 0.444 e. The van der Waals surface area contributed by atoms with E-state index in [2.05, 4.69) is 0 Å². The lowest BCUT2D eigenvalue weighted by Gasteiger charge is -2.38. The Hall–Kier alpha value is -1.65. The lowest BCUT2D eigenvalue weighted by molar-refractivity contribution is -0.138. The standard InChI is InChI=1S/C20H31N3O5S2/c1-15-7-8-17(29-15)30(26,27)23-12-10-21(11-13-23)18(24)16-6-5-9-22(14-16)19(25)28-20(2,3)4/h7-8,16H,5-6,9-14H2,1-4H3/t16-/m0/s1. The van der Waals surface area contributed by atoms with Gasteiger partial charge in [0, 0.05) is 44.1 Å². The minimum Gasteiger partial charge on any atom is -0.444 e. The van der Waals surface area contributed by atoms with Crippen molar-refractivity contribution in [1.29, 1.82) is 0 Å². The molecule has 0 unspecified atom stereocenters. The summed E-state index contributed by atoms with van der Waals surface area (Å²) in [5.74, 6) is -0.276. The van der Waals surface area contributed by atoms with Crippen LogP contribution in [0.25, 0.3) is 0 Å². The third kappa shape index (κ3) is 5.33. The number of carbonyl (C=O) groups is 2. The Bertz CT molecular complexity index is 882. The van der Waals surface area contributed by atoms with Crippen LogP contribution in [0.3, 0.4) is 0 Å². The Morgan fingerprint density at radius 3 is 2.30 bits per heavy atom. The highest BCUT2D eigenvalue weighted by Gasteiger charge is 2.36. The molecule has 3 rings (SSSR count). The quantitative estimate of drug-likeness (QED) is 0.696. The third-order valence-electron chi connectivity index (χ3n) is 5.28. The number of piperidine rings is 1. The Labute approximate surface area is 182 Å². The Morgan fingerprint density at radius 2 is 1.73 bits per heavy atom. The van der Waals surface area contributed by atoms with Crippen LogP contribution in [-0.2, 0) is 19.6 Å². The van der Waals surface area contributed by atoms with Crippen molar-refractivity contribution in [2.24, 2.45) is 5.92 Å². The van der Waals surface area contributed by atoms with E-state index >= 15 is 0 Å². The van der Waals surface area contributed by atoms with E-state index < -0.39 is 15.6 Å². The molecule has 0 aliphatic carbocycles. The number of carbonyl (C=O) groups excluding carboxylic acids is 2. The van der Waals surface area contributed by atoms with Crippen LogP contribution < -0.4 is 0 Å². The number of hydrogen-bond donors (Lipinski definition) is 0. The summed E-state index contributed by atoms with van der Waals surface area (Å²) < 4.78 is 32.8. The third-order valence-corrected chi connectivity index (χ3v) is 8.65. The van der Waals surface area contributed by atoms with E-state index in [4.69, 9.17) is 4.74 Å². The van der Waals surface area contributed by atoms with Crippen molar-refractivity contribution in [2.75, 3.05) is 39.3 Å². The van der Waals surface area contributed by atoms with Gasteiger partial charge in [-0.3, -0.25) is 4.79 Å². The van der Waals surface area contributed by atoms with E-state index in [1.165, 1.54) is 15.6 Å². The van der Waals surface area contributed by atoms with E-state index in [0.29, 0.717) is 30.4 Å². The Balaban J connectivity index is 1.56. The second kappa shape index (κ2) is 8.84. The maximum absolute atomic E-state index is 13.0. The van der Waals surface area contributed by atoms with E-state index in [1.807, 2.05) is 27.7 Å². The van der Waals surface area contributed by atoms with Gasteiger partial charge >= 0.3 is 6.09 Å². The summed E-state index contributed by atoms with van der Waals surface area (Å²) in [6.45, 7) is 9.59. The molecule has 2 aliphatic rings. The lowest BCUT2D eigenvalue weighted by Crippen LogP contribution is -2.54. The fraction of sp³-hybridized carbons (Fsp3) is 0.700. The molecule has 0 aromatic carbocycles. The predicted octanol–water partition coefficient (Wildman–Crippen LogP) is 2.54. The normalized spacial score (nSPS) is 21.5. The topological polar surface area (TPSA) is 87.2 Å². The number of amides is 2. The molecule has 1 atom stereocenters. The highest BCUT2D eigenvalue weighted by atomic mass is 32.2. The summed E-state index contributed by atoms with van der Waals surface area (Å²) in [5, 5.41) is 0. The van der Waals surface area contributed by atoms with Gasteiger partial charge in [0.1, 0.15) is 9.81 Å². The molecule has 2 aliphatic heterocycles. The molecule has 30 heavy (non-hydrogen) atoms. The monoisotopic (exact) mass is 457 g/mol. The number of nitrogens with zero attached hydrogens (tertiary/aromatic N) is 3. The molecular formula is C20H31N3O5S2. The van der Waals surface area contributed by atoms with Gasteiger partial charge in [-0.15, -0.1) is 11.3 Å². The summed E-state index contributed by atoms with van der Waals surface area (Å²) >= 11 is 1.27. The number of hydrogen-bond acceptors (Lipinski definition) is 6. The average molecular weight is 458 g/mol. The number of ether oxygens (including phenoxy) is 1. The van der Waals surface area contributed by atoms with Crippen LogP contribution in [0.15, 0.2) is 16.3 Å². The van der Waals surface area contributed by atoms with Crippen molar-refractivity contribution in [1.82, 2.24) is 14.1 Å². The van der Waals surface area contributed by atoms with Crippen LogP contribution in [-0.4, -0.2) is 79.4 Å². The summed E-state index contributed by atoms with van der Waals surface area (Å²) in [4.78, 5) is 29.7. The molecule has 0 bridgehead atoms. The molecule has 0 N–H and O–H groups in total. The zero-order valence-corrected chi connectivity index (χ0v) is 19.7. The van der Waals surface area contributed by atoms with Gasteiger partial charge in [-0.25, -0.2) is 13.2 Å². The highest BCUT2D eigenvalue weighted by Crippen LogP contribution is 2.26. The highest BCUT2D eigenvalue weighted by molar-refractivity contribution is 7.91.